The topological polar surface area (TPSA) is 25.4 Å². The number of hydrogen-bond donors (Lipinski definition) is 0. The molecule has 2 saturated carbocycles. The van der Waals surface area contributed by atoms with Gasteiger partial charge in [0.15, 0.2) is 0 Å². The summed E-state index contributed by atoms with van der Waals surface area (Å²) in [4.78, 5) is 6.81. The van der Waals surface area contributed by atoms with E-state index in [2.05, 4.69) is 53.2 Å². The summed E-state index contributed by atoms with van der Waals surface area (Å²) in [7, 11) is 0. The third-order valence-electron chi connectivity index (χ3n) is 11.4. The number of halogens is 1. The van der Waals surface area contributed by atoms with Gasteiger partial charge in [0.2, 0.25) is 0 Å². The van der Waals surface area contributed by atoms with Crippen molar-refractivity contribution in [1.82, 2.24) is 9.88 Å². The van der Waals surface area contributed by atoms with Crippen LogP contribution in [0.1, 0.15) is 76.2 Å². The van der Waals surface area contributed by atoms with Crippen LogP contribution in [0.15, 0.2) is 60.0 Å². The standard InChI is InChI=1S/C32H37FN2O/c1-30-11-8-25-17-24-4-5-27(35-15-10-26(33)20-35)18-31(24)12-13-32(25,36-31)29(30)7-6-28(30)22-3-2-21-9-14-34-19-23(21)16-22/h2-3,8-9,14,16-17,19,26-29H,4-7,10-13,15,18,20H2,1H3/t26-,27?,28?,29?,30?,31?,32+/m0/s1. The van der Waals surface area contributed by atoms with Crippen molar-refractivity contribution in [3.8, 4) is 0 Å². The lowest BCUT2D eigenvalue weighted by atomic mass is 9.58. The molecule has 8 rings (SSSR count). The molecule has 3 aliphatic heterocycles. The van der Waals surface area contributed by atoms with Crippen molar-refractivity contribution in [1.29, 1.82) is 0 Å². The fourth-order valence-corrected chi connectivity index (χ4v) is 9.64. The van der Waals surface area contributed by atoms with Crippen LogP contribution in [-0.4, -0.2) is 46.4 Å². The van der Waals surface area contributed by atoms with E-state index < -0.39 is 6.17 Å². The van der Waals surface area contributed by atoms with Crippen LogP contribution in [0.25, 0.3) is 10.8 Å². The molecule has 36 heavy (non-hydrogen) atoms. The van der Waals surface area contributed by atoms with Crippen LogP contribution in [0, 0.1) is 11.3 Å². The summed E-state index contributed by atoms with van der Waals surface area (Å²) in [6.45, 7) is 4.09. The van der Waals surface area contributed by atoms with Crippen LogP contribution >= 0.6 is 0 Å². The van der Waals surface area contributed by atoms with E-state index in [1.165, 1.54) is 40.3 Å². The maximum absolute atomic E-state index is 14.0. The number of fused-ring (bicyclic) bond motifs is 2. The first kappa shape index (κ1) is 22.0. The summed E-state index contributed by atoms with van der Waals surface area (Å²) in [6, 6.07) is 9.63. The maximum Gasteiger partial charge on any atom is 0.114 e. The van der Waals surface area contributed by atoms with Gasteiger partial charge in [-0.2, -0.15) is 0 Å². The second kappa shape index (κ2) is 7.51. The Hall–Kier alpha value is -2.04. The first-order valence-electron chi connectivity index (χ1n) is 14.3. The number of alkyl halides is 1. The van der Waals surface area contributed by atoms with Crippen LogP contribution in [0.5, 0.6) is 0 Å². The molecule has 0 N–H and O–H groups in total. The summed E-state index contributed by atoms with van der Waals surface area (Å²) in [5, 5.41) is 2.52. The Morgan fingerprint density at radius 2 is 2.03 bits per heavy atom. The van der Waals surface area contributed by atoms with Crippen LogP contribution in [0.4, 0.5) is 4.39 Å². The van der Waals surface area contributed by atoms with E-state index in [9.17, 15) is 4.39 Å². The normalized spacial score (nSPS) is 43.6. The van der Waals surface area contributed by atoms with Crippen molar-refractivity contribution in [3.63, 3.8) is 0 Å². The molecule has 3 nitrogen and oxygen atoms in total. The van der Waals surface area contributed by atoms with Crippen molar-refractivity contribution in [2.45, 2.75) is 94.0 Å². The molecule has 2 saturated heterocycles. The number of aromatic nitrogens is 1. The highest BCUT2D eigenvalue weighted by Gasteiger charge is 2.66. The fraction of sp³-hybridized carbons (Fsp3) is 0.594. The monoisotopic (exact) mass is 484 g/mol. The molecular weight excluding hydrogens is 447 g/mol. The second-order valence-electron chi connectivity index (χ2n) is 13.0. The third-order valence-corrected chi connectivity index (χ3v) is 11.4. The molecule has 4 heteroatoms. The molecule has 4 fully saturated rings. The molecule has 0 radical (unpaired) electrons. The summed E-state index contributed by atoms with van der Waals surface area (Å²) in [5.41, 5.74) is 4.47. The van der Waals surface area contributed by atoms with Crippen LogP contribution in [0.3, 0.4) is 0 Å². The van der Waals surface area contributed by atoms with Gasteiger partial charge in [0, 0.05) is 36.9 Å². The number of hydrogen-bond acceptors (Lipinski definition) is 3. The fourth-order valence-electron chi connectivity index (χ4n) is 9.64. The minimum absolute atomic E-state index is 0.111. The Balaban J connectivity index is 1.14. The minimum atomic E-state index is -0.642. The zero-order valence-electron chi connectivity index (χ0n) is 21.4. The van der Waals surface area contributed by atoms with E-state index in [4.69, 9.17) is 4.74 Å². The van der Waals surface area contributed by atoms with E-state index in [1.54, 1.807) is 0 Å². The van der Waals surface area contributed by atoms with Gasteiger partial charge in [0.25, 0.3) is 0 Å². The quantitative estimate of drug-likeness (QED) is 0.464. The summed E-state index contributed by atoms with van der Waals surface area (Å²) in [5.74, 6) is 1.11. The lowest BCUT2D eigenvalue weighted by Crippen LogP contribution is -2.55. The van der Waals surface area contributed by atoms with Crippen molar-refractivity contribution >= 4 is 10.8 Å². The van der Waals surface area contributed by atoms with Gasteiger partial charge in [-0.25, -0.2) is 4.39 Å². The molecule has 1 aromatic carbocycles. The van der Waals surface area contributed by atoms with Gasteiger partial charge in [-0.05, 0) is 109 Å². The number of likely N-dealkylation sites (tertiary alicyclic amines) is 1. The van der Waals surface area contributed by atoms with Crippen molar-refractivity contribution in [2.75, 3.05) is 13.1 Å². The molecule has 6 aliphatic rings. The molecule has 2 spiro atoms. The minimum Gasteiger partial charge on any atom is -0.359 e. The first-order valence-corrected chi connectivity index (χ1v) is 14.3. The van der Waals surface area contributed by atoms with Crippen molar-refractivity contribution in [3.05, 3.63) is 65.5 Å². The number of benzene rings is 1. The van der Waals surface area contributed by atoms with Gasteiger partial charge in [0.1, 0.15) is 6.17 Å². The average Bonchev–Trinajstić information content (AvgIpc) is 3.57. The Morgan fingerprint density at radius 1 is 1.08 bits per heavy atom. The predicted molar refractivity (Wildman–Crippen MR) is 141 cm³/mol. The third kappa shape index (κ3) is 2.89. The van der Waals surface area contributed by atoms with E-state index in [1.807, 2.05) is 12.4 Å². The summed E-state index contributed by atoms with van der Waals surface area (Å²) in [6.07, 6.45) is 18.3. The predicted octanol–water partition coefficient (Wildman–Crippen LogP) is 6.89. The summed E-state index contributed by atoms with van der Waals surface area (Å²) >= 11 is 0. The molecule has 7 atom stereocenters. The molecule has 188 valence electrons. The molecule has 3 aliphatic carbocycles. The average molecular weight is 485 g/mol. The maximum atomic E-state index is 14.0. The zero-order valence-corrected chi connectivity index (χ0v) is 21.4. The highest BCUT2D eigenvalue weighted by atomic mass is 19.1. The first-order chi connectivity index (χ1) is 17.5. The number of rotatable bonds is 2. The lowest BCUT2D eigenvalue weighted by molar-refractivity contribution is -0.140. The molecule has 1 aromatic heterocycles. The Bertz CT molecular complexity index is 1300. The molecule has 2 bridgehead atoms. The lowest BCUT2D eigenvalue weighted by Gasteiger charge is -2.55. The van der Waals surface area contributed by atoms with Crippen LogP contribution in [-0.2, 0) is 4.74 Å². The van der Waals surface area contributed by atoms with Gasteiger partial charge in [0.05, 0.1) is 11.2 Å². The van der Waals surface area contributed by atoms with Gasteiger partial charge >= 0.3 is 0 Å². The van der Waals surface area contributed by atoms with Crippen molar-refractivity contribution in [2.24, 2.45) is 11.3 Å². The van der Waals surface area contributed by atoms with E-state index in [-0.39, 0.29) is 16.6 Å². The van der Waals surface area contributed by atoms with Crippen molar-refractivity contribution < 1.29 is 9.13 Å². The molecule has 4 heterocycles. The highest BCUT2D eigenvalue weighted by Crippen LogP contribution is 2.69. The van der Waals surface area contributed by atoms with Gasteiger partial charge in [-0.1, -0.05) is 31.2 Å². The number of ether oxygens (including phenoxy) is 1. The smallest absolute Gasteiger partial charge is 0.114 e. The summed E-state index contributed by atoms with van der Waals surface area (Å²) < 4.78 is 21.5. The van der Waals surface area contributed by atoms with E-state index in [0.717, 1.165) is 45.1 Å². The Morgan fingerprint density at radius 3 is 2.92 bits per heavy atom. The number of pyridine rings is 1. The SMILES string of the molecule is CC12CC=C3C=C4CCC(N5CC[C@H](F)C5)CC45CC[C@]3(O5)C1CCC2c1ccc2ccncc2c1. The molecule has 0 amide bonds. The molecule has 5 unspecified atom stereocenters. The van der Waals surface area contributed by atoms with Crippen LogP contribution in [0.2, 0.25) is 0 Å². The van der Waals surface area contributed by atoms with Gasteiger partial charge in [-0.15, -0.1) is 0 Å². The zero-order chi connectivity index (χ0) is 24.1. The Labute approximate surface area is 213 Å². The molecule has 2 aromatic rings. The second-order valence-corrected chi connectivity index (χ2v) is 13.0. The largest absolute Gasteiger partial charge is 0.359 e. The van der Waals surface area contributed by atoms with E-state index in [0.29, 0.717) is 30.8 Å². The highest BCUT2D eigenvalue weighted by molar-refractivity contribution is 5.82. The van der Waals surface area contributed by atoms with Gasteiger partial charge in [-0.3, -0.25) is 9.88 Å². The van der Waals surface area contributed by atoms with Gasteiger partial charge < -0.3 is 4.74 Å². The number of nitrogens with zero attached hydrogens (tertiary/aromatic N) is 2. The van der Waals surface area contributed by atoms with E-state index >= 15 is 0 Å². The van der Waals surface area contributed by atoms with Crippen LogP contribution < -0.4 is 0 Å². The Kier molecular flexibility index (Phi) is 4.59. The number of allylic oxidation sites excluding steroid dienone is 1. The molecular formula is C32H37FN2O.